The number of ether oxygens (including phenoxy) is 2. The van der Waals surface area contributed by atoms with Crippen LogP contribution in [-0.4, -0.2) is 45.9 Å². The molecule has 1 aromatic heterocycles. The van der Waals surface area contributed by atoms with Crippen molar-refractivity contribution in [3.8, 4) is 17.0 Å². The minimum Gasteiger partial charge on any atom is -0.475 e. The number of esters is 1. The van der Waals surface area contributed by atoms with Crippen LogP contribution in [0.4, 0.5) is 5.69 Å². The largest absolute Gasteiger partial charge is 0.475 e. The molecule has 0 spiro atoms. The van der Waals surface area contributed by atoms with Crippen molar-refractivity contribution in [1.82, 2.24) is 15.4 Å². The second-order valence-electron chi connectivity index (χ2n) is 4.19. The summed E-state index contributed by atoms with van der Waals surface area (Å²) in [6.45, 7) is -0.479. The van der Waals surface area contributed by atoms with Gasteiger partial charge in [-0.2, -0.15) is 15.4 Å². The van der Waals surface area contributed by atoms with E-state index in [0.717, 1.165) is 6.07 Å². The first-order chi connectivity index (χ1) is 10.9. The zero-order chi connectivity index (χ0) is 17.0. The third kappa shape index (κ3) is 3.40. The van der Waals surface area contributed by atoms with Gasteiger partial charge in [-0.15, -0.1) is 0 Å². The Balaban J connectivity index is 2.39. The molecule has 0 radical (unpaired) electrons. The van der Waals surface area contributed by atoms with Gasteiger partial charge in [-0.3, -0.25) is 14.9 Å². The number of carbonyl (C=O) groups excluding carboxylic acids is 2. The van der Waals surface area contributed by atoms with E-state index in [1.165, 1.54) is 19.2 Å². The topological polar surface area (TPSA) is 163 Å². The van der Waals surface area contributed by atoms with Crippen molar-refractivity contribution in [1.29, 1.82) is 0 Å². The van der Waals surface area contributed by atoms with Gasteiger partial charge in [-0.1, -0.05) is 0 Å². The van der Waals surface area contributed by atoms with Crippen LogP contribution in [0.5, 0.6) is 5.75 Å². The fourth-order valence-electron chi connectivity index (χ4n) is 1.73. The van der Waals surface area contributed by atoms with Gasteiger partial charge in [0.2, 0.25) is 0 Å². The van der Waals surface area contributed by atoms with Crippen LogP contribution in [0.25, 0.3) is 11.3 Å². The lowest BCUT2D eigenvalue weighted by Gasteiger charge is -2.06. The smallest absolute Gasteiger partial charge is 0.343 e. The standard InChI is InChI=1S/C12H11N5O6/c1-22-9(18)5-23-8-3-2-6(4-7(8)17(20)21)10-11(12(13)19)15-16-14-10/h2-4H,5H2,1H3,(H2,13,19)(H,14,15,16). The van der Waals surface area contributed by atoms with Crippen molar-refractivity contribution in [3.63, 3.8) is 0 Å². The molecule has 2 aromatic rings. The number of carbonyl (C=O) groups is 2. The number of nitrogens with zero attached hydrogens (tertiary/aromatic N) is 3. The number of H-pyrrole nitrogens is 1. The molecule has 0 aliphatic rings. The molecule has 3 N–H and O–H groups in total. The van der Waals surface area contributed by atoms with Gasteiger partial charge >= 0.3 is 11.7 Å². The van der Waals surface area contributed by atoms with Crippen LogP contribution in [-0.2, 0) is 9.53 Å². The highest BCUT2D eigenvalue weighted by Gasteiger charge is 2.21. The second-order valence-corrected chi connectivity index (χ2v) is 4.19. The quantitative estimate of drug-likeness (QED) is 0.427. The van der Waals surface area contributed by atoms with Crippen LogP contribution < -0.4 is 10.5 Å². The molecule has 120 valence electrons. The van der Waals surface area contributed by atoms with E-state index in [-0.39, 0.29) is 22.7 Å². The van der Waals surface area contributed by atoms with Crippen molar-refractivity contribution in [2.75, 3.05) is 13.7 Å². The Morgan fingerprint density at radius 2 is 2.13 bits per heavy atom. The molecule has 0 fully saturated rings. The maximum Gasteiger partial charge on any atom is 0.343 e. The summed E-state index contributed by atoms with van der Waals surface area (Å²) >= 11 is 0. The van der Waals surface area contributed by atoms with E-state index in [1.54, 1.807) is 0 Å². The summed E-state index contributed by atoms with van der Waals surface area (Å²) in [4.78, 5) is 32.7. The van der Waals surface area contributed by atoms with Crippen molar-refractivity contribution < 1.29 is 24.0 Å². The third-order valence-electron chi connectivity index (χ3n) is 2.78. The fraction of sp³-hybridized carbons (Fsp3) is 0.167. The van der Waals surface area contributed by atoms with Crippen LogP contribution in [0.2, 0.25) is 0 Å². The van der Waals surface area contributed by atoms with Crippen LogP contribution in [0.1, 0.15) is 10.5 Å². The van der Waals surface area contributed by atoms with Crippen LogP contribution >= 0.6 is 0 Å². The number of nitrogens with one attached hydrogen (secondary N) is 1. The number of nitro groups is 1. The van der Waals surface area contributed by atoms with Crippen molar-refractivity contribution in [2.24, 2.45) is 5.73 Å². The summed E-state index contributed by atoms with van der Waals surface area (Å²) < 4.78 is 9.44. The predicted molar refractivity (Wildman–Crippen MR) is 74.5 cm³/mol. The van der Waals surface area contributed by atoms with Gasteiger partial charge in [0, 0.05) is 11.6 Å². The molecule has 0 bridgehead atoms. The van der Waals surface area contributed by atoms with E-state index in [0.29, 0.717) is 0 Å². The number of aromatic amines is 1. The van der Waals surface area contributed by atoms with E-state index in [2.05, 4.69) is 20.1 Å². The highest BCUT2D eigenvalue weighted by Crippen LogP contribution is 2.32. The second kappa shape index (κ2) is 6.51. The molecule has 11 heteroatoms. The number of nitrogens with two attached hydrogens (primary N) is 1. The highest BCUT2D eigenvalue weighted by atomic mass is 16.6. The van der Waals surface area contributed by atoms with Gasteiger partial charge in [-0.25, -0.2) is 4.79 Å². The Kier molecular flexibility index (Phi) is 4.50. The van der Waals surface area contributed by atoms with Crippen LogP contribution in [0.15, 0.2) is 18.2 Å². The summed E-state index contributed by atoms with van der Waals surface area (Å²) in [6, 6.07) is 3.83. The number of hydrogen-bond donors (Lipinski definition) is 2. The van der Waals surface area contributed by atoms with Crippen LogP contribution in [0.3, 0.4) is 0 Å². The first-order valence-corrected chi connectivity index (χ1v) is 6.13. The Bertz CT molecular complexity index is 771. The number of benzene rings is 1. The van der Waals surface area contributed by atoms with Crippen molar-refractivity contribution >= 4 is 17.6 Å². The van der Waals surface area contributed by atoms with E-state index < -0.39 is 29.1 Å². The van der Waals surface area contributed by atoms with Crippen molar-refractivity contribution in [2.45, 2.75) is 0 Å². The molecule has 0 unspecified atom stereocenters. The van der Waals surface area contributed by atoms with Gasteiger partial charge in [0.05, 0.1) is 12.0 Å². The van der Waals surface area contributed by atoms with E-state index in [4.69, 9.17) is 10.5 Å². The Morgan fingerprint density at radius 1 is 1.39 bits per heavy atom. The summed E-state index contributed by atoms with van der Waals surface area (Å²) in [5, 5.41) is 20.7. The molecular formula is C12H11N5O6. The lowest BCUT2D eigenvalue weighted by Crippen LogP contribution is -2.13. The van der Waals surface area contributed by atoms with Gasteiger partial charge < -0.3 is 15.2 Å². The first kappa shape index (κ1) is 15.9. The normalized spacial score (nSPS) is 10.1. The number of amides is 1. The van der Waals surface area contributed by atoms with Gasteiger partial charge in [-0.05, 0) is 12.1 Å². The van der Waals surface area contributed by atoms with Gasteiger partial charge in [0.1, 0.15) is 5.69 Å². The molecule has 2 rings (SSSR count). The summed E-state index contributed by atoms with van der Waals surface area (Å²) in [6.07, 6.45) is 0. The SMILES string of the molecule is COC(=O)COc1ccc(-c2n[nH]nc2C(N)=O)cc1[N+](=O)[O-]. The Hall–Kier alpha value is -3.50. The molecule has 23 heavy (non-hydrogen) atoms. The number of primary amides is 1. The maximum atomic E-state index is 11.2. The summed E-state index contributed by atoms with van der Waals surface area (Å²) in [5.41, 5.74) is 4.90. The average Bonchev–Trinajstić information content (AvgIpc) is 3.02. The number of nitro benzene ring substituents is 1. The summed E-state index contributed by atoms with van der Waals surface area (Å²) in [5.74, 6) is -1.65. The van der Waals surface area contributed by atoms with Crippen molar-refractivity contribution in [3.05, 3.63) is 34.0 Å². The third-order valence-corrected chi connectivity index (χ3v) is 2.78. The Morgan fingerprint density at radius 3 is 2.74 bits per heavy atom. The number of aromatic nitrogens is 3. The molecular weight excluding hydrogens is 310 g/mol. The number of methoxy groups -OCH3 is 1. The van der Waals surface area contributed by atoms with E-state index in [9.17, 15) is 19.7 Å². The summed E-state index contributed by atoms with van der Waals surface area (Å²) in [7, 11) is 1.17. The zero-order valence-corrected chi connectivity index (χ0v) is 11.8. The minimum atomic E-state index is -0.831. The van der Waals surface area contributed by atoms with E-state index >= 15 is 0 Å². The number of rotatable bonds is 6. The molecule has 0 saturated carbocycles. The predicted octanol–water partition coefficient (Wildman–Crippen LogP) is 0.0306. The molecule has 11 nitrogen and oxygen atoms in total. The first-order valence-electron chi connectivity index (χ1n) is 6.13. The number of hydrogen-bond acceptors (Lipinski definition) is 8. The average molecular weight is 321 g/mol. The van der Waals surface area contributed by atoms with Gasteiger partial charge in [0.15, 0.2) is 18.1 Å². The van der Waals surface area contributed by atoms with Crippen LogP contribution in [0, 0.1) is 10.1 Å². The molecule has 0 saturated heterocycles. The Labute approximate surface area is 128 Å². The molecule has 0 aliphatic carbocycles. The molecule has 1 aromatic carbocycles. The lowest BCUT2D eigenvalue weighted by molar-refractivity contribution is -0.385. The zero-order valence-electron chi connectivity index (χ0n) is 11.8. The maximum absolute atomic E-state index is 11.2. The molecule has 0 aliphatic heterocycles. The van der Waals surface area contributed by atoms with E-state index in [1.807, 2.05) is 0 Å². The molecule has 0 atom stereocenters. The molecule has 1 amide bonds. The van der Waals surface area contributed by atoms with Gasteiger partial charge in [0.25, 0.3) is 5.91 Å². The fourth-order valence-corrected chi connectivity index (χ4v) is 1.73. The highest BCUT2D eigenvalue weighted by molar-refractivity contribution is 5.96. The lowest BCUT2D eigenvalue weighted by atomic mass is 10.1. The monoisotopic (exact) mass is 321 g/mol. The molecule has 1 heterocycles. The minimum absolute atomic E-state index is 0.0696.